The monoisotopic (exact) mass is 470 g/mol. The third-order valence-electron chi connectivity index (χ3n) is 6.36. The number of hydrogen-bond donors (Lipinski definition) is 0. The molecule has 0 N–H and O–H groups in total. The molecular formula is C28H56NO4+. The van der Waals surface area contributed by atoms with E-state index in [0.717, 1.165) is 25.7 Å². The average molecular weight is 471 g/mol. The van der Waals surface area contributed by atoms with Crippen LogP contribution in [0.15, 0.2) is 0 Å². The molecule has 33 heavy (non-hydrogen) atoms. The molecule has 0 saturated carbocycles. The normalized spacial score (nSPS) is 11.5. The van der Waals surface area contributed by atoms with E-state index in [4.69, 9.17) is 9.47 Å². The van der Waals surface area contributed by atoms with Gasteiger partial charge in [-0.15, -0.1) is 0 Å². The van der Waals surface area contributed by atoms with Crippen molar-refractivity contribution in [1.29, 1.82) is 0 Å². The number of unbranched alkanes of at least 4 members (excludes halogenated alkanes) is 14. The second-order valence-corrected chi connectivity index (χ2v) is 10.3. The third-order valence-corrected chi connectivity index (χ3v) is 6.36. The van der Waals surface area contributed by atoms with Crippen LogP contribution in [0.5, 0.6) is 0 Å². The Labute approximate surface area is 205 Å². The lowest BCUT2D eigenvalue weighted by Crippen LogP contribution is -2.43. The van der Waals surface area contributed by atoms with Gasteiger partial charge in [-0.2, -0.15) is 0 Å². The molecular weight excluding hydrogens is 414 g/mol. The molecule has 196 valence electrons. The largest absolute Gasteiger partial charge is 0.466 e. The smallest absolute Gasteiger partial charge is 0.311 e. The molecule has 0 unspecified atom stereocenters. The van der Waals surface area contributed by atoms with Crippen molar-refractivity contribution in [3.63, 3.8) is 0 Å². The fourth-order valence-electron chi connectivity index (χ4n) is 3.89. The number of rotatable bonds is 24. The third kappa shape index (κ3) is 23.8. The number of carbonyl (C=O) groups excluding carboxylic acids is 2. The Hall–Kier alpha value is -1.10. The van der Waals surface area contributed by atoms with Crippen molar-refractivity contribution in [1.82, 2.24) is 0 Å². The molecule has 0 aromatic rings. The predicted octanol–water partition coefficient (Wildman–Crippen LogP) is 7.21. The first-order valence-corrected chi connectivity index (χ1v) is 14.0. The number of nitrogens with zero attached hydrogens (tertiary/aromatic N) is 1. The van der Waals surface area contributed by atoms with Crippen molar-refractivity contribution in [3.05, 3.63) is 0 Å². The van der Waals surface area contributed by atoms with Gasteiger partial charge < -0.3 is 14.0 Å². The van der Waals surface area contributed by atoms with Crippen LogP contribution in [0.25, 0.3) is 0 Å². The maximum absolute atomic E-state index is 12.0. The quantitative estimate of drug-likeness (QED) is 0.0849. The van der Waals surface area contributed by atoms with Gasteiger partial charge in [0.1, 0.15) is 0 Å². The summed E-state index contributed by atoms with van der Waals surface area (Å²) in [5, 5.41) is 0. The summed E-state index contributed by atoms with van der Waals surface area (Å²) in [6, 6.07) is 0. The topological polar surface area (TPSA) is 52.6 Å². The van der Waals surface area contributed by atoms with E-state index in [1.807, 2.05) is 0 Å². The minimum absolute atomic E-state index is 0.124. The molecule has 0 saturated heterocycles. The number of esters is 2. The summed E-state index contributed by atoms with van der Waals surface area (Å²) in [5.74, 6) is -0.247. The molecule has 5 nitrogen and oxygen atoms in total. The SMILES string of the molecule is CCCCCCCCCCOC(=O)CC[N+](C)(C)CCC(=O)OCCCCCCCCCC. The summed E-state index contributed by atoms with van der Waals surface area (Å²) >= 11 is 0. The van der Waals surface area contributed by atoms with Crippen molar-refractivity contribution >= 4 is 11.9 Å². The van der Waals surface area contributed by atoms with E-state index >= 15 is 0 Å². The van der Waals surface area contributed by atoms with Crippen LogP contribution in [0.2, 0.25) is 0 Å². The minimum atomic E-state index is -0.124. The number of carbonyl (C=O) groups is 2. The summed E-state index contributed by atoms with van der Waals surface area (Å²) < 4.78 is 11.4. The van der Waals surface area contributed by atoms with Crippen molar-refractivity contribution in [2.24, 2.45) is 0 Å². The standard InChI is InChI=1S/C28H56NO4/c1-5-7-9-11-13-15-17-19-25-32-27(30)21-23-29(3,4)24-22-28(31)33-26-20-18-16-14-12-10-8-6-2/h5-26H2,1-4H3/q+1. The number of quaternary nitrogens is 1. The molecule has 0 aliphatic heterocycles. The second kappa shape index (κ2) is 22.7. The van der Waals surface area contributed by atoms with Crippen LogP contribution < -0.4 is 0 Å². The Balaban J connectivity index is 3.62. The summed E-state index contributed by atoms with van der Waals surface area (Å²) in [5.41, 5.74) is 0. The number of hydrogen-bond acceptors (Lipinski definition) is 4. The second-order valence-electron chi connectivity index (χ2n) is 10.3. The Morgan fingerprint density at radius 2 is 0.818 bits per heavy atom. The molecule has 0 aromatic heterocycles. The molecule has 0 amide bonds. The van der Waals surface area contributed by atoms with Crippen LogP contribution in [0.4, 0.5) is 0 Å². The highest BCUT2D eigenvalue weighted by Crippen LogP contribution is 2.10. The molecule has 0 heterocycles. The molecule has 0 aliphatic rings. The lowest BCUT2D eigenvalue weighted by Gasteiger charge is -2.29. The molecule has 0 aliphatic carbocycles. The van der Waals surface area contributed by atoms with Gasteiger partial charge in [-0.1, -0.05) is 104 Å². The fourth-order valence-corrected chi connectivity index (χ4v) is 3.89. The molecule has 0 fully saturated rings. The molecule has 0 bridgehead atoms. The summed E-state index contributed by atoms with van der Waals surface area (Å²) in [7, 11) is 4.11. The number of ether oxygens (including phenoxy) is 2. The zero-order chi connectivity index (χ0) is 24.6. The van der Waals surface area contributed by atoms with Gasteiger partial charge in [-0.25, -0.2) is 0 Å². The van der Waals surface area contributed by atoms with Gasteiger partial charge in [0, 0.05) is 0 Å². The van der Waals surface area contributed by atoms with Crippen LogP contribution in [0, 0.1) is 0 Å². The maximum atomic E-state index is 12.0. The molecule has 0 aromatic carbocycles. The van der Waals surface area contributed by atoms with E-state index < -0.39 is 0 Å². The van der Waals surface area contributed by atoms with E-state index in [2.05, 4.69) is 27.9 Å². The highest BCUT2D eigenvalue weighted by molar-refractivity contribution is 5.70. The van der Waals surface area contributed by atoms with Crippen LogP contribution in [-0.2, 0) is 19.1 Å². The van der Waals surface area contributed by atoms with Crippen molar-refractivity contribution in [2.45, 2.75) is 129 Å². The van der Waals surface area contributed by atoms with Gasteiger partial charge in [-0.3, -0.25) is 9.59 Å². The molecule has 0 spiro atoms. The predicted molar refractivity (Wildman–Crippen MR) is 138 cm³/mol. The van der Waals surface area contributed by atoms with Gasteiger partial charge in [-0.05, 0) is 12.8 Å². The van der Waals surface area contributed by atoms with Gasteiger partial charge in [0.25, 0.3) is 0 Å². The molecule has 0 atom stereocenters. The molecule has 5 heteroatoms. The van der Waals surface area contributed by atoms with Crippen LogP contribution in [-0.4, -0.2) is 56.8 Å². The maximum Gasteiger partial charge on any atom is 0.311 e. The van der Waals surface area contributed by atoms with Gasteiger partial charge in [0.2, 0.25) is 0 Å². The van der Waals surface area contributed by atoms with Crippen molar-refractivity contribution in [3.8, 4) is 0 Å². The van der Waals surface area contributed by atoms with Crippen LogP contribution >= 0.6 is 0 Å². The summed E-state index contributed by atoms with van der Waals surface area (Å²) in [4.78, 5) is 24.0. The average Bonchev–Trinajstić information content (AvgIpc) is 2.79. The summed E-state index contributed by atoms with van der Waals surface area (Å²) in [6.45, 7) is 6.91. The van der Waals surface area contributed by atoms with Crippen LogP contribution in [0.3, 0.4) is 0 Å². The Morgan fingerprint density at radius 1 is 0.515 bits per heavy atom. The Kier molecular flexibility index (Phi) is 21.9. The highest BCUT2D eigenvalue weighted by atomic mass is 16.5. The van der Waals surface area contributed by atoms with E-state index in [-0.39, 0.29) is 11.9 Å². The van der Waals surface area contributed by atoms with E-state index in [1.54, 1.807) is 0 Å². The summed E-state index contributed by atoms with van der Waals surface area (Å²) in [6.07, 6.45) is 20.7. The molecule has 0 rings (SSSR count). The van der Waals surface area contributed by atoms with E-state index in [1.165, 1.54) is 77.0 Å². The zero-order valence-corrected chi connectivity index (χ0v) is 22.6. The van der Waals surface area contributed by atoms with Gasteiger partial charge in [0.05, 0.1) is 53.2 Å². The van der Waals surface area contributed by atoms with Crippen molar-refractivity contribution < 1.29 is 23.5 Å². The Morgan fingerprint density at radius 3 is 1.15 bits per heavy atom. The van der Waals surface area contributed by atoms with Gasteiger partial charge >= 0.3 is 11.9 Å². The molecule has 0 radical (unpaired) electrons. The minimum Gasteiger partial charge on any atom is -0.466 e. The van der Waals surface area contributed by atoms with Crippen molar-refractivity contribution in [2.75, 3.05) is 40.4 Å². The first-order valence-electron chi connectivity index (χ1n) is 14.0. The lowest BCUT2D eigenvalue weighted by atomic mass is 10.1. The van der Waals surface area contributed by atoms with Gasteiger partial charge in [0.15, 0.2) is 0 Å². The van der Waals surface area contributed by atoms with E-state index in [9.17, 15) is 9.59 Å². The lowest BCUT2D eigenvalue weighted by molar-refractivity contribution is -0.889. The fraction of sp³-hybridized carbons (Fsp3) is 0.929. The first kappa shape index (κ1) is 31.9. The highest BCUT2D eigenvalue weighted by Gasteiger charge is 2.19. The first-order chi connectivity index (χ1) is 15.9. The van der Waals surface area contributed by atoms with E-state index in [0.29, 0.717) is 43.6 Å². The van der Waals surface area contributed by atoms with Crippen LogP contribution in [0.1, 0.15) is 129 Å². The Bertz CT molecular complexity index is 425. The zero-order valence-electron chi connectivity index (χ0n) is 22.6.